The molecule has 0 saturated heterocycles. The quantitative estimate of drug-likeness (QED) is 0.432. The third-order valence-electron chi connectivity index (χ3n) is 5.01. The molecule has 4 rings (SSSR count). The molecule has 0 atom stereocenters. The summed E-state index contributed by atoms with van der Waals surface area (Å²) < 4.78 is 0. The third-order valence-corrected chi connectivity index (χ3v) is 9.30. The van der Waals surface area contributed by atoms with Gasteiger partial charge >= 0.3 is 0 Å². The first-order valence-electron chi connectivity index (χ1n) is 9.65. The fourth-order valence-corrected chi connectivity index (χ4v) is 8.06. The molecule has 0 aliphatic rings. The predicted octanol–water partition coefficient (Wildman–Crippen LogP) is 1.27. The zero-order valence-electron chi connectivity index (χ0n) is 16.7. The molecular formula is C26H23BrNOP. The van der Waals surface area contributed by atoms with Crippen LogP contribution in [0, 0.1) is 0 Å². The number of nitrogens with one attached hydrogen (secondary N) is 1. The van der Waals surface area contributed by atoms with Crippen molar-refractivity contribution in [3.63, 3.8) is 0 Å². The van der Waals surface area contributed by atoms with Gasteiger partial charge in [-0.1, -0.05) is 54.6 Å². The number of anilines is 1. The van der Waals surface area contributed by atoms with Crippen LogP contribution in [-0.4, -0.2) is 5.91 Å². The molecular weight excluding hydrogens is 453 g/mol. The van der Waals surface area contributed by atoms with Crippen LogP contribution >= 0.6 is 7.26 Å². The topological polar surface area (TPSA) is 29.1 Å². The summed E-state index contributed by atoms with van der Waals surface area (Å²) in [6, 6.07) is 40.6. The minimum atomic E-state index is -2.07. The van der Waals surface area contributed by atoms with Crippen LogP contribution in [0.1, 0.15) is 6.92 Å². The lowest BCUT2D eigenvalue weighted by Gasteiger charge is -2.27. The van der Waals surface area contributed by atoms with Crippen molar-refractivity contribution in [1.29, 1.82) is 0 Å². The number of hydrogen-bond acceptors (Lipinski definition) is 1. The van der Waals surface area contributed by atoms with Crippen molar-refractivity contribution >= 4 is 40.1 Å². The molecule has 0 aliphatic heterocycles. The van der Waals surface area contributed by atoms with Crippen molar-refractivity contribution in [1.82, 2.24) is 0 Å². The largest absolute Gasteiger partial charge is 1.00 e. The van der Waals surface area contributed by atoms with Crippen molar-refractivity contribution in [3.8, 4) is 0 Å². The summed E-state index contributed by atoms with van der Waals surface area (Å²) >= 11 is 0. The van der Waals surface area contributed by atoms with E-state index in [2.05, 4.69) is 108 Å². The van der Waals surface area contributed by atoms with E-state index in [-0.39, 0.29) is 22.9 Å². The molecule has 0 fully saturated rings. The zero-order valence-corrected chi connectivity index (χ0v) is 19.2. The summed E-state index contributed by atoms with van der Waals surface area (Å²) in [5.41, 5.74) is 0.813. The molecule has 0 saturated carbocycles. The normalized spacial score (nSPS) is 10.7. The number of carbonyl (C=O) groups excluding carboxylic acids is 1. The molecule has 0 bridgehead atoms. The molecule has 0 unspecified atom stereocenters. The van der Waals surface area contributed by atoms with Crippen LogP contribution in [0.3, 0.4) is 0 Å². The van der Waals surface area contributed by atoms with Gasteiger partial charge in [0.25, 0.3) is 0 Å². The molecule has 1 amide bonds. The Morgan fingerprint density at radius 1 is 0.567 bits per heavy atom. The van der Waals surface area contributed by atoms with Gasteiger partial charge in [0.2, 0.25) is 5.91 Å². The van der Waals surface area contributed by atoms with Crippen molar-refractivity contribution in [2.24, 2.45) is 0 Å². The summed E-state index contributed by atoms with van der Waals surface area (Å²) in [7, 11) is -2.07. The highest BCUT2D eigenvalue weighted by atomic mass is 79.9. The minimum absolute atomic E-state index is 0. The Morgan fingerprint density at radius 2 is 0.900 bits per heavy atom. The Bertz CT molecular complexity index is 988. The number of rotatable bonds is 5. The highest BCUT2D eigenvalue weighted by molar-refractivity contribution is 8.01. The molecule has 30 heavy (non-hydrogen) atoms. The molecule has 150 valence electrons. The van der Waals surface area contributed by atoms with Gasteiger partial charge in [-0.2, -0.15) is 0 Å². The van der Waals surface area contributed by atoms with E-state index in [1.807, 2.05) is 12.1 Å². The molecule has 0 aromatic heterocycles. The van der Waals surface area contributed by atoms with Crippen molar-refractivity contribution < 1.29 is 21.8 Å². The Hall–Kier alpha value is -2.74. The number of amides is 1. The molecule has 0 heterocycles. The van der Waals surface area contributed by atoms with E-state index in [0.29, 0.717) is 0 Å². The lowest BCUT2D eigenvalue weighted by molar-refractivity contribution is -0.114. The van der Waals surface area contributed by atoms with Crippen LogP contribution < -0.4 is 43.5 Å². The molecule has 4 heteroatoms. The van der Waals surface area contributed by atoms with E-state index >= 15 is 0 Å². The van der Waals surface area contributed by atoms with Crippen LogP contribution in [0.4, 0.5) is 5.69 Å². The number of halogens is 1. The van der Waals surface area contributed by atoms with E-state index in [4.69, 9.17) is 0 Å². The van der Waals surface area contributed by atoms with E-state index in [1.165, 1.54) is 28.1 Å². The maximum atomic E-state index is 11.5. The standard InChI is InChI=1S/C26H22NOP.BrH/c1-21(28)27-22-17-19-26(20-18-22)29(23-11-5-2-6-12-23,24-13-7-3-8-14-24)25-15-9-4-10-16-25;/h2-20H,1H3;1H. The number of carbonyl (C=O) groups is 1. The molecule has 1 N–H and O–H groups in total. The lowest BCUT2D eigenvalue weighted by atomic mass is 10.3. The highest BCUT2D eigenvalue weighted by Gasteiger charge is 2.47. The lowest BCUT2D eigenvalue weighted by Crippen LogP contribution is -3.00. The second-order valence-corrected chi connectivity index (χ2v) is 10.3. The van der Waals surface area contributed by atoms with E-state index in [1.54, 1.807) is 0 Å². The van der Waals surface area contributed by atoms with Crippen LogP contribution in [0.5, 0.6) is 0 Å². The summed E-state index contributed by atoms with van der Waals surface area (Å²) in [6.45, 7) is 1.53. The maximum Gasteiger partial charge on any atom is 0.221 e. The van der Waals surface area contributed by atoms with Crippen LogP contribution in [0.15, 0.2) is 115 Å². The fraction of sp³-hybridized carbons (Fsp3) is 0.0385. The Labute approximate surface area is 189 Å². The smallest absolute Gasteiger partial charge is 0.221 e. The van der Waals surface area contributed by atoms with Gasteiger partial charge in [-0.15, -0.1) is 0 Å². The molecule has 4 aromatic carbocycles. The summed E-state index contributed by atoms with van der Waals surface area (Å²) in [5.74, 6) is -0.0620. The first-order valence-corrected chi connectivity index (χ1v) is 11.4. The average molecular weight is 476 g/mol. The molecule has 0 radical (unpaired) electrons. The monoisotopic (exact) mass is 475 g/mol. The molecule has 0 spiro atoms. The van der Waals surface area contributed by atoms with Gasteiger partial charge in [0.05, 0.1) is 0 Å². The van der Waals surface area contributed by atoms with Gasteiger partial charge in [-0.25, -0.2) is 0 Å². The highest BCUT2D eigenvalue weighted by Crippen LogP contribution is 2.54. The fourth-order valence-electron chi connectivity index (χ4n) is 3.82. The van der Waals surface area contributed by atoms with Gasteiger partial charge in [0.1, 0.15) is 28.5 Å². The van der Waals surface area contributed by atoms with Crippen LogP contribution in [0.2, 0.25) is 0 Å². The van der Waals surface area contributed by atoms with Gasteiger partial charge in [-0.05, 0) is 60.7 Å². The number of benzene rings is 4. The second-order valence-electron chi connectivity index (χ2n) is 6.91. The first kappa shape index (κ1) is 22.0. The Morgan fingerprint density at radius 3 is 1.23 bits per heavy atom. The number of hydrogen-bond donors (Lipinski definition) is 1. The van der Waals surface area contributed by atoms with Crippen molar-refractivity contribution in [3.05, 3.63) is 115 Å². The Kier molecular flexibility index (Phi) is 7.20. The SMILES string of the molecule is CC(=O)Nc1ccc([P+](c2ccccc2)(c2ccccc2)c2ccccc2)cc1.[Br-]. The maximum absolute atomic E-state index is 11.5. The predicted molar refractivity (Wildman–Crippen MR) is 126 cm³/mol. The van der Waals surface area contributed by atoms with Gasteiger partial charge in [0, 0.05) is 12.6 Å². The Balaban J connectivity index is 0.00000256. The first-order chi connectivity index (χ1) is 14.2. The summed E-state index contributed by atoms with van der Waals surface area (Å²) in [5, 5.41) is 8.07. The van der Waals surface area contributed by atoms with E-state index in [9.17, 15) is 4.79 Å². The van der Waals surface area contributed by atoms with E-state index < -0.39 is 7.26 Å². The second kappa shape index (κ2) is 9.84. The van der Waals surface area contributed by atoms with Gasteiger partial charge in [-0.3, -0.25) is 4.79 Å². The zero-order chi connectivity index (χ0) is 20.1. The summed E-state index contributed by atoms with van der Waals surface area (Å²) in [6.07, 6.45) is 0. The summed E-state index contributed by atoms with van der Waals surface area (Å²) in [4.78, 5) is 11.5. The van der Waals surface area contributed by atoms with Crippen molar-refractivity contribution in [2.45, 2.75) is 6.92 Å². The minimum Gasteiger partial charge on any atom is -1.00 e. The van der Waals surface area contributed by atoms with Crippen molar-refractivity contribution in [2.75, 3.05) is 5.32 Å². The third kappa shape index (κ3) is 4.23. The van der Waals surface area contributed by atoms with E-state index in [0.717, 1.165) is 5.69 Å². The van der Waals surface area contributed by atoms with Gasteiger partial charge in [0.15, 0.2) is 0 Å². The van der Waals surface area contributed by atoms with Gasteiger partial charge < -0.3 is 22.3 Å². The van der Waals surface area contributed by atoms with Crippen LogP contribution in [0.25, 0.3) is 0 Å². The average Bonchev–Trinajstić information content (AvgIpc) is 2.77. The molecule has 4 aromatic rings. The molecule has 2 nitrogen and oxygen atoms in total. The molecule has 0 aliphatic carbocycles. The van der Waals surface area contributed by atoms with Crippen LogP contribution in [-0.2, 0) is 4.79 Å².